The fourth-order valence-electron chi connectivity index (χ4n) is 1.28. The molecular formula is C8H13NO3. The highest BCUT2D eigenvalue weighted by Gasteiger charge is 2.25. The fourth-order valence-corrected chi connectivity index (χ4v) is 1.28. The van der Waals surface area contributed by atoms with Crippen LogP contribution < -0.4 is 0 Å². The zero-order valence-corrected chi connectivity index (χ0v) is 6.97. The highest BCUT2D eigenvalue weighted by molar-refractivity contribution is 5.79. The Hall–Kier alpha value is -1.03. The molecule has 0 aliphatic carbocycles. The molecule has 12 heavy (non-hydrogen) atoms. The van der Waals surface area contributed by atoms with E-state index in [4.69, 9.17) is 5.11 Å². The van der Waals surface area contributed by atoms with E-state index in [1.165, 1.54) is 6.20 Å². The van der Waals surface area contributed by atoms with Crippen LogP contribution >= 0.6 is 0 Å². The molecule has 0 spiro atoms. The van der Waals surface area contributed by atoms with Gasteiger partial charge in [0.1, 0.15) is 0 Å². The summed E-state index contributed by atoms with van der Waals surface area (Å²) >= 11 is 0. The molecular weight excluding hydrogens is 158 g/mol. The zero-order chi connectivity index (χ0) is 9.14. The fraction of sp³-hybridized carbons (Fsp3) is 0.625. The highest BCUT2D eigenvalue weighted by Crippen LogP contribution is 2.15. The number of aliphatic hydroxyl groups is 1. The first kappa shape index (κ1) is 9.06. The van der Waals surface area contributed by atoms with Crippen LogP contribution in [-0.2, 0) is 4.79 Å². The predicted molar refractivity (Wildman–Crippen MR) is 43.5 cm³/mol. The van der Waals surface area contributed by atoms with Gasteiger partial charge in [-0.1, -0.05) is 6.92 Å². The molecule has 2 N–H and O–H groups in total. The second-order valence-corrected chi connectivity index (χ2v) is 3.15. The maximum absolute atomic E-state index is 10.1. The molecule has 1 aliphatic heterocycles. The van der Waals surface area contributed by atoms with Crippen molar-refractivity contribution in [2.45, 2.75) is 13.0 Å². The van der Waals surface area contributed by atoms with Gasteiger partial charge >= 0.3 is 5.97 Å². The number of hydrogen-bond donors (Lipinski definition) is 2. The van der Waals surface area contributed by atoms with Crippen molar-refractivity contribution in [3.05, 3.63) is 12.3 Å². The number of carbonyl (C=O) groups is 1. The quantitative estimate of drug-likeness (QED) is 0.569. The first-order chi connectivity index (χ1) is 5.59. The molecule has 4 heteroatoms. The molecule has 68 valence electrons. The van der Waals surface area contributed by atoms with E-state index in [1.807, 2.05) is 11.8 Å². The third-order valence-electron chi connectivity index (χ3n) is 2.03. The molecule has 0 bridgehead atoms. The van der Waals surface area contributed by atoms with Gasteiger partial charge in [-0.3, -0.25) is 0 Å². The van der Waals surface area contributed by atoms with Gasteiger partial charge in [-0.15, -0.1) is 0 Å². The summed E-state index contributed by atoms with van der Waals surface area (Å²) in [7, 11) is 0. The molecule has 1 rings (SSSR count). The Balaban J connectivity index is 2.42. The third-order valence-corrected chi connectivity index (χ3v) is 2.03. The molecule has 4 nitrogen and oxygen atoms in total. The van der Waals surface area contributed by atoms with Crippen LogP contribution in [0.1, 0.15) is 6.92 Å². The average molecular weight is 171 g/mol. The molecule has 1 fully saturated rings. The molecule has 0 aromatic heterocycles. The lowest BCUT2D eigenvalue weighted by atomic mass is 10.1. The minimum atomic E-state index is -0.955. The van der Waals surface area contributed by atoms with E-state index >= 15 is 0 Å². The highest BCUT2D eigenvalue weighted by atomic mass is 16.4. The zero-order valence-electron chi connectivity index (χ0n) is 6.97. The summed E-state index contributed by atoms with van der Waals surface area (Å²) in [4.78, 5) is 12.0. The monoisotopic (exact) mass is 171 g/mol. The molecule has 1 saturated heterocycles. The number of rotatable bonds is 2. The van der Waals surface area contributed by atoms with Crippen LogP contribution in [0.2, 0.25) is 0 Å². The third kappa shape index (κ3) is 2.23. The van der Waals surface area contributed by atoms with Gasteiger partial charge in [0, 0.05) is 31.3 Å². The van der Waals surface area contributed by atoms with Gasteiger partial charge in [0.15, 0.2) is 0 Å². The Morgan fingerprint density at radius 1 is 1.58 bits per heavy atom. The summed E-state index contributed by atoms with van der Waals surface area (Å²) in [6.45, 7) is 3.20. The number of likely N-dealkylation sites (tertiary alicyclic amines) is 1. The smallest absolute Gasteiger partial charge is 0.329 e. The number of hydrogen-bond acceptors (Lipinski definition) is 3. The van der Waals surface area contributed by atoms with E-state index < -0.39 is 5.97 Å². The van der Waals surface area contributed by atoms with E-state index in [-0.39, 0.29) is 12.0 Å². The first-order valence-corrected chi connectivity index (χ1v) is 3.93. The van der Waals surface area contributed by atoms with E-state index in [9.17, 15) is 9.90 Å². The average Bonchev–Trinajstić information content (AvgIpc) is 2.28. The molecule has 0 saturated carbocycles. The number of aliphatic hydroxyl groups excluding tert-OH is 1. The molecule has 2 unspecified atom stereocenters. The molecule has 1 aliphatic rings. The standard InChI is InChI=1S/C8H13NO3/c1-6-4-9(5-7(6)10)3-2-8(11)12/h2-3,6-7,10H,4-5H2,1H3,(H,11,12)/b3-2+. The van der Waals surface area contributed by atoms with Crippen molar-refractivity contribution in [3.8, 4) is 0 Å². The molecule has 0 aromatic carbocycles. The van der Waals surface area contributed by atoms with Crippen molar-refractivity contribution in [2.24, 2.45) is 5.92 Å². The van der Waals surface area contributed by atoms with Crippen LogP contribution in [0, 0.1) is 5.92 Å². The first-order valence-electron chi connectivity index (χ1n) is 3.93. The van der Waals surface area contributed by atoms with E-state index in [1.54, 1.807) is 0 Å². The van der Waals surface area contributed by atoms with Crippen LogP contribution in [0.3, 0.4) is 0 Å². The number of carboxylic acid groups (broad SMARTS) is 1. The minimum absolute atomic E-state index is 0.225. The lowest BCUT2D eigenvalue weighted by molar-refractivity contribution is -0.131. The van der Waals surface area contributed by atoms with Crippen molar-refractivity contribution in [2.75, 3.05) is 13.1 Å². The van der Waals surface area contributed by atoms with Crippen molar-refractivity contribution >= 4 is 5.97 Å². The second kappa shape index (κ2) is 3.58. The Morgan fingerprint density at radius 2 is 2.25 bits per heavy atom. The Morgan fingerprint density at radius 3 is 2.67 bits per heavy atom. The largest absolute Gasteiger partial charge is 0.478 e. The number of carboxylic acids is 1. The normalized spacial score (nSPS) is 30.0. The van der Waals surface area contributed by atoms with Crippen molar-refractivity contribution in [1.29, 1.82) is 0 Å². The Labute approximate surface area is 71.1 Å². The summed E-state index contributed by atoms with van der Waals surface area (Å²) in [5.74, 6) is -0.729. The van der Waals surface area contributed by atoms with E-state index in [0.717, 1.165) is 12.6 Å². The Kier molecular flexibility index (Phi) is 2.70. The second-order valence-electron chi connectivity index (χ2n) is 3.15. The van der Waals surface area contributed by atoms with Crippen LogP contribution in [0.15, 0.2) is 12.3 Å². The summed E-state index contributed by atoms with van der Waals surface area (Å²) in [6, 6.07) is 0. The van der Waals surface area contributed by atoms with E-state index in [0.29, 0.717) is 6.54 Å². The number of nitrogens with zero attached hydrogens (tertiary/aromatic N) is 1. The van der Waals surface area contributed by atoms with Crippen LogP contribution in [0.25, 0.3) is 0 Å². The van der Waals surface area contributed by atoms with Gasteiger partial charge in [0.2, 0.25) is 0 Å². The summed E-state index contributed by atoms with van der Waals surface area (Å²) in [6.07, 6.45) is 2.27. The van der Waals surface area contributed by atoms with Crippen molar-refractivity contribution in [3.63, 3.8) is 0 Å². The summed E-state index contributed by atoms with van der Waals surface area (Å²) < 4.78 is 0. The van der Waals surface area contributed by atoms with Gasteiger partial charge in [-0.25, -0.2) is 4.79 Å². The Bertz CT molecular complexity index is 192. The van der Waals surface area contributed by atoms with Gasteiger partial charge in [0.05, 0.1) is 6.10 Å². The maximum Gasteiger partial charge on any atom is 0.329 e. The summed E-state index contributed by atoms with van der Waals surface area (Å²) in [5, 5.41) is 17.6. The molecule has 2 atom stereocenters. The SMILES string of the molecule is CC1CN(/C=C/C(=O)O)CC1O. The van der Waals surface area contributed by atoms with Crippen LogP contribution in [0.5, 0.6) is 0 Å². The predicted octanol–water partition coefficient (Wildman–Crippen LogP) is -0.103. The minimum Gasteiger partial charge on any atom is -0.478 e. The maximum atomic E-state index is 10.1. The lowest BCUT2D eigenvalue weighted by Gasteiger charge is -2.09. The van der Waals surface area contributed by atoms with Crippen LogP contribution in [-0.4, -0.2) is 40.3 Å². The lowest BCUT2D eigenvalue weighted by Crippen LogP contribution is -2.16. The van der Waals surface area contributed by atoms with Gasteiger partial charge in [0.25, 0.3) is 0 Å². The van der Waals surface area contributed by atoms with Crippen molar-refractivity contribution in [1.82, 2.24) is 4.90 Å². The van der Waals surface area contributed by atoms with Gasteiger partial charge < -0.3 is 15.1 Å². The van der Waals surface area contributed by atoms with E-state index in [2.05, 4.69) is 0 Å². The summed E-state index contributed by atoms with van der Waals surface area (Å²) in [5.41, 5.74) is 0. The molecule has 0 aromatic rings. The van der Waals surface area contributed by atoms with Crippen molar-refractivity contribution < 1.29 is 15.0 Å². The number of β-amino-alcohol motifs (C(OH)–C–C–N with tert-alkyl or cyclic N) is 1. The van der Waals surface area contributed by atoms with Crippen LogP contribution in [0.4, 0.5) is 0 Å². The molecule has 0 radical (unpaired) electrons. The topological polar surface area (TPSA) is 60.8 Å². The molecule has 0 amide bonds. The van der Waals surface area contributed by atoms with Gasteiger partial charge in [-0.2, -0.15) is 0 Å². The van der Waals surface area contributed by atoms with Gasteiger partial charge in [-0.05, 0) is 0 Å². The number of aliphatic carboxylic acids is 1. The molecule has 1 heterocycles.